The topological polar surface area (TPSA) is 41.6 Å². The van der Waals surface area contributed by atoms with Gasteiger partial charge in [-0.1, -0.05) is 19.3 Å². The molecule has 116 valence electrons. The minimum atomic E-state index is -0.0785. The van der Waals surface area contributed by atoms with Crippen LogP contribution < -0.4 is 10.1 Å². The zero-order valence-corrected chi connectivity index (χ0v) is 13.1. The second kappa shape index (κ2) is 8.03. The zero-order valence-electron chi connectivity index (χ0n) is 13.1. The van der Waals surface area contributed by atoms with Crippen molar-refractivity contribution in [2.24, 2.45) is 0 Å². The third-order valence-corrected chi connectivity index (χ3v) is 4.18. The maximum absolute atomic E-state index is 12.4. The van der Waals surface area contributed by atoms with Gasteiger partial charge in [-0.3, -0.25) is 9.69 Å². The van der Waals surface area contributed by atoms with Crippen molar-refractivity contribution in [3.63, 3.8) is 0 Å². The first-order chi connectivity index (χ1) is 10.2. The molecule has 1 aliphatic heterocycles. The van der Waals surface area contributed by atoms with Crippen LogP contribution in [0.3, 0.4) is 0 Å². The molecule has 0 radical (unpaired) electrons. The molecule has 4 nitrogen and oxygen atoms in total. The van der Waals surface area contributed by atoms with Gasteiger partial charge in [0.1, 0.15) is 5.75 Å². The number of carbonyl (C=O) groups excluding carboxylic acids is 1. The fraction of sp³-hybridized carbons (Fsp3) is 0.588. The normalized spacial score (nSPS) is 18.4. The molecule has 4 heteroatoms. The molecule has 1 aromatic carbocycles. The fourth-order valence-corrected chi connectivity index (χ4v) is 2.75. The number of likely N-dealkylation sites (tertiary alicyclic amines) is 1. The van der Waals surface area contributed by atoms with E-state index in [1.54, 1.807) is 7.11 Å². The van der Waals surface area contributed by atoms with Crippen molar-refractivity contribution in [1.29, 1.82) is 0 Å². The highest BCUT2D eigenvalue weighted by Gasteiger charge is 2.21. The van der Waals surface area contributed by atoms with E-state index in [1.807, 2.05) is 31.2 Å². The summed E-state index contributed by atoms with van der Waals surface area (Å²) in [5, 5.41) is 2.99. The SMILES string of the molecule is COc1ccc(NC(=O)[C@H](C)N2CCCCCCC2)cc1. The molecule has 0 aliphatic carbocycles. The summed E-state index contributed by atoms with van der Waals surface area (Å²) < 4.78 is 5.12. The molecular weight excluding hydrogens is 264 g/mol. The number of benzene rings is 1. The Hall–Kier alpha value is -1.55. The maximum Gasteiger partial charge on any atom is 0.241 e. The molecule has 0 unspecified atom stereocenters. The molecule has 0 bridgehead atoms. The van der Waals surface area contributed by atoms with Gasteiger partial charge < -0.3 is 10.1 Å². The molecule has 1 amide bonds. The second-order valence-corrected chi connectivity index (χ2v) is 5.70. The zero-order chi connectivity index (χ0) is 15.1. The molecule has 21 heavy (non-hydrogen) atoms. The van der Waals surface area contributed by atoms with Crippen molar-refractivity contribution in [3.8, 4) is 5.75 Å². The molecule has 1 saturated heterocycles. The Labute approximate surface area is 127 Å². The third-order valence-electron chi connectivity index (χ3n) is 4.18. The standard InChI is InChI=1S/C17H26N2O2/c1-14(19-12-6-4-3-5-7-13-19)17(20)18-15-8-10-16(21-2)11-9-15/h8-11,14H,3-7,12-13H2,1-2H3,(H,18,20)/t14-/m0/s1. The van der Waals surface area contributed by atoms with Crippen LogP contribution in [0.2, 0.25) is 0 Å². The van der Waals surface area contributed by atoms with E-state index < -0.39 is 0 Å². The average molecular weight is 290 g/mol. The van der Waals surface area contributed by atoms with E-state index in [9.17, 15) is 4.79 Å². The Balaban J connectivity index is 1.90. The van der Waals surface area contributed by atoms with Gasteiger partial charge in [-0.05, 0) is 57.1 Å². The van der Waals surface area contributed by atoms with Gasteiger partial charge in [-0.2, -0.15) is 0 Å². The molecule has 0 aromatic heterocycles. The Morgan fingerprint density at radius 2 is 1.67 bits per heavy atom. The molecule has 1 aliphatic rings. The number of carbonyl (C=O) groups is 1. The van der Waals surface area contributed by atoms with Gasteiger partial charge in [0.05, 0.1) is 13.2 Å². The minimum absolute atomic E-state index is 0.0701. The Kier molecular flexibility index (Phi) is 6.05. The largest absolute Gasteiger partial charge is 0.497 e. The van der Waals surface area contributed by atoms with Gasteiger partial charge in [-0.15, -0.1) is 0 Å². The van der Waals surface area contributed by atoms with Crippen molar-refractivity contribution >= 4 is 11.6 Å². The van der Waals surface area contributed by atoms with E-state index in [1.165, 1.54) is 32.1 Å². The molecule has 2 rings (SSSR count). The molecule has 1 atom stereocenters. The van der Waals surface area contributed by atoms with Gasteiger partial charge in [0.15, 0.2) is 0 Å². The van der Waals surface area contributed by atoms with Crippen LogP contribution in [0.5, 0.6) is 5.75 Å². The van der Waals surface area contributed by atoms with Crippen molar-refractivity contribution in [2.75, 3.05) is 25.5 Å². The molecule has 1 N–H and O–H groups in total. The smallest absolute Gasteiger partial charge is 0.241 e. The van der Waals surface area contributed by atoms with Crippen LogP contribution >= 0.6 is 0 Å². The second-order valence-electron chi connectivity index (χ2n) is 5.70. The number of hydrogen-bond acceptors (Lipinski definition) is 3. The quantitative estimate of drug-likeness (QED) is 0.925. The molecule has 1 heterocycles. The summed E-state index contributed by atoms with van der Waals surface area (Å²) in [6, 6.07) is 7.38. The first kappa shape index (κ1) is 15.8. The number of nitrogens with zero attached hydrogens (tertiary/aromatic N) is 1. The predicted octanol–water partition coefficient (Wildman–Crippen LogP) is 3.29. The van der Waals surface area contributed by atoms with Gasteiger partial charge in [0, 0.05) is 5.69 Å². The van der Waals surface area contributed by atoms with Crippen LogP contribution in [0.15, 0.2) is 24.3 Å². The summed E-state index contributed by atoms with van der Waals surface area (Å²) in [6.45, 7) is 4.05. The first-order valence-electron chi connectivity index (χ1n) is 7.89. The lowest BCUT2D eigenvalue weighted by Gasteiger charge is -2.29. The lowest BCUT2D eigenvalue weighted by Crippen LogP contribution is -2.43. The van der Waals surface area contributed by atoms with Crippen LogP contribution in [0.4, 0.5) is 5.69 Å². The number of nitrogens with one attached hydrogen (secondary N) is 1. The predicted molar refractivity (Wildman–Crippen MR) is 85.7 cm³/mol. The fourth-order valence-electron chi connectivity index (χ4n) is 2.75. The van der Waals surface area contributed by atoms with Gasteiger partial charge in [0.2, 0.25) is 5.91 Å². The molecule has 0 saturated carbocycles. The summed E-state index contributed by atoms with van der Waals surface area (Å²) in [6.07, 6.45) is 6.28. The number of amides is 1. The maximum atomic E-state index is 12.4. The lowest BCUT2D eigenvalue weighted by atomic mass is 10.1. The van der Waals surface area contributed by atoms with Gasteiger partial charge in [-0.25, -0.2) is 0 Å². The Bertz CT molecular complexity index is 437. The van der Waals surface area contributed by atoms with E-state index in [4.69, 9.17) is 4.74 Å². The molecule has 1 aromatic rings. The summed E-state index contributed by atoms with van der Waals surface area (Å²) in [7, 11) is 1.64. The van der Waals surface area contributed by atoms with Crippen molar-refractivity contribution in [1.82, 2.24) is 4.90 Å². The van der Waals surface area contributed by atoms with Crippen molar-refractivity contribution in [3.05, 3.63) is 24.3 Å². The molecule has 1 fully saturated rings. The molecule has 0 spiro atoms. The van der Waals surface area contributed by atoms with E-state index in [0.717, 1.165) is 24.5 Å². The summed E-state index contributed by atoms with van der Waals surface area (Å²) in [5.74, 6) is 0.866. The van der Waals surface area contributed by atoms with Gasteiger partial charge in [0.25, 0.3) is 0 Å². The number of methoxy groups -OCH3 is 1. The number of ether oxygens (including phenoxy) is 1. The van der Waals surface area contributed by atoms with Crippen LogP contribution in [-0.4, -0.2) is 37.0 Å². The highest BCUT2D eigenvalue weighted by atomic mass is 16.5. The van der Waals surface area contributed by atoms with Crippen LogP contribution in [-0.2, 0) is 4.79 Å². The Morgan fingerprint density at radius 1 is 1.10 bits per heavy atom. The Morgan fingerprint density at radius 3 is 2.24 bits per heavy atom. The first-order valence-corrected chi connectivity index (χ1v) is 7.89. The number of anilines is 1. The highest BCUT2D eigenvalue weighted by Crippen LogP contribution is 2.17. The van der Waals surface area contributed by atoms with Crippen LogP contribution in [0.1, 0.15) is 39.0 Å². The summed E-state index contributed by atoms with van der Waals surface area (Å²) in [5.41, 5.74) is 0.819. The summed E-state index contributed by atoms with van der Waals surface area (Å²) in [4.78, 5) is 14.7. The third kappa shape index (κ3) is 4.74. The average Bonchev–Trinajstić information content (AvgIpc) is 2.47. The molecular formula is C17H26N2O2. The van der Waals surface area contributed by atoms with Gasteiger partial charge >= 0.3 is 0 Å². The van der Waals surface area contributed by atoms with E-state index in [0.29, 0.717) is 0 Å². The van der Waals surface area contributed by atoms with Crippen molar-refractivity contribution < 1.29 is 9.53 Å². The van der Waals surface area contributed by atoms with E-state index in [-0.39, 0.29) is 11.9 Å². The lowest BCUT2D eigenvalue weighted by molar-refractivity contribution is -0.120. The van der Waals surface area contributed by atoms with Crippen LogP contribution in [0.25, 0.3) is 0 Å². The number of rotatable bonds is 4. The van der Waals surface area contributed by atoms with E-state index in [2.05, 4.69) is 10.2 Å². The van der Waals surface area contributed by atoms with Crippen LogP contribution in [0, 0.1) is 0 Å². The monoisotopic (exact) mass is 290 g/mol. The highest BCUT2D eigenvalue weighted by molar-refractivity contribution is 5.94. The minimum Gasteiger partial charge on any atom is -0.497 e. The van der Waals surface area contributed by atoms with Crippen molar-refractivity contribution in [2.45, 2.75) is 45.1 Å². The van der Waals surface area contributed by atoms with E-state index >= 15 is 0 Å². The number of hydrogen-bond donors (Lipinski definition) is 1. The summed E-state index contributed by atoms with van der Waals surface area (Å²) >= 11 is 0.